The zero-order chi connectivity index (χ0) is 16.3. The van der Waals surface area contributed by atoms with Gasteiger partial charge in [0.15, 0.2) is 0 Å². The molecule has 0 fully saturated rings. The topological polar surface area (TPSA) is 41.1 Å². The first-order chi connectivity index (χ1) is 11.0. The number of hydrogen-bond donors (Lipinski definition) is 2. The van der Waals surface area contributed by atoms with Crippen molar-refractivity contribution in [3.63, 3.8) is 0 Å². The lowest BCUT2D eigenvalue weighted by Gasteiger charge is -2.24. The minimum atomic E-state index is -0.160. The van der Waals surface area contributed by atoms with Gasteiger partial charge in [-0.3, -0.25) is 4.79 Å². The molecule has 0 bridgehead atoms. The van der Waals surface area contributed by atoms with E-state index in [1.54, 1.807) is 0 Å². The molecule has 3 rings (SSSR count). The van der Waals surface area contributed by atoms with Crippen LogP contribution >= 0.6 is 0 Å². The molecule has 1 aliphatic heterocycles. The normalized spacial score (nSPS) is 13.7. The van der Waals surface area contributed by atoms with Crippen LogP contribution in [0.25, 0.3) is 0 Å². The molecule has 23 heavy (non-hydrogen) atoms. The summed E-state index contributed by atoms with van der Waals surface area (Å²) in [6, 6.07) is 16.7. The minimum absolute atomic E-state index is 0.0949. The van der Waals surface area contributed by atoms with Gasteiger partial charge < -0.3 is 10.6 Å². The molecular weight excluding hydrogens is 284 g/mol. The molecule has 0 saturated heterocycles. The maximum absolute atomic E-state index is 12.3. The Morgan fingerprint density at radius 1 is 1.09 bits per heavy atom. The summed E-state index contributed by atoms with van der Waals surface area (Å²) in [6.07, 6.45) is 0.490. The SMILES string of the molecule is CC(C)(CC(=O)NCc1ccc2c(c1)CNC2)c1ccccc1. The van der Waals surface area contributed by atoms with Crippen LogP contribution in [-0.2, 0) is 29.8 Å². The van der Waals surface area contributed by atoms with Gasteiger partial charge in [0.05, 0.1) is 0 Å². The van der Waals surface area contributed by atoms with E-state index >= 15 is 0 Å². The van der Waals surface area contributed by atoms with Crippen LogP contribution in [0.3, 0.4) is 0 Å². The number of carbonyl (C=O) groups is 1. The van der Waals surface area contributed by atoms with Crippen molar-refractivity contribution >= 4 is 5.91 Å². The van der Waals surface area contributed by atoms with Crippen LogP contribution in [0, 0.1) is 0 Å². The van der Waals surface area contributed by atoms with E-state index in [9.17, 15) is 4.79 Å². The van der Waals surface area contributed by atoms with Crippen molar-refractivity contribution in [3.8, 4) is 0 Å². The third-order valence-electron chi connectivity index (χ3n) is 4.55. The van der Waals surface area contributed by atoms with Crippen LogP contribution in [0.1, 0.15) is 42.5 Å². The second kappa shape index (κ2) is 6.55. The van der Waals surface area contributed by atoms with Gasteiger partial charge >= 0.3 is 0 Å². The Morgan fingerprint density at radius 2 is 1.83 bits per heavy atom. The Morgan fingerprint density at radius 3 is 2.61 bits per heavy atom. The quantitative estimate of drug-likeness (QED) is 0.890. The number of amides is 1. The van der Waals surface area contributed by atoms with Gasteiger partial charge in [-0.2, -0.15) is 0 Å². The maximum Gasteiger partial charge on any atom is 0.221 e. The lowest BCUT2D eigenvalue weighted by molar-refractivity contribution is -0.122. The Kier molecular flexibility index (Phi) is 4.49. The molecule has 0 spiro atoms. The van der Waals surface area contributed by atoms with Crippen LogP contribution in [0.4, 0.5) is 0 Å². The van der Waals surface area contributed by atoms with E-state index in [1.165, 1.54) is 22.3 Å². The summed E-state index contributed by atoms with van der Waals surface area (Å²) in [5, 5.41) is 6.40. The Hall–Kier alpha value is -2.13. The summed E-state index contributed by atoms with van der Waals surface area (Å²) < 4.78 is 0. The highest BCUT2D eigenvalue weighted by molar-refractivity contribution is 5.77. The van der Waals surface area contributed by atoms with Gasteiger partial charge in [0.1, 0.15) is 0 Å². The smallest absolute Gasteiger partial charge is 0.221 e. The fraction of sp³-hybridized carbons (Fsp3) is 0.350. The molecule has 2 N–H and O–H groups in total. The first kappa shape index (κ1) is 15.8. The van der Waals surface area contributed by atoms with Gasteiger partial charge in [-0.1, -0.05) is 62.4 Å². The molecular formula is C20H24N2O. The van der Waals surface area contributed by atoms with Gasteiger partial charge in [0.2, 0.25) is 5.91 Å². The Balaban J connectivity index is 1.57. The highest BCUT2D eigenvalue weighted by Gasteiger charge is 2.23. The van der Waals surface area contributed by atoms with Crippen molar-refractivity contribution in [3.05, 3.63) is 70.8 Å². The van der Waals surface area contributed by atoms with Crippen molar-refractivity contribution < 1.29 is 4.79 Å². The number of carbonyl (C=O) groups excluding carboxylic acids is 1. The highest BCUT2D eigenvalue weighted by atomic mass is 16.1. The number of rotatable bonds is 5. The number of benzene rings is 2. The number of hydrogen-bond acceptors (Lipinski definition) is 2. The van der Waals surface area contributed by atoms with Crippen LogP contribution in [-0.4, -0.2) is 5.91 Å². The third kappa shape index (κ3) is 3.80. The van der Waals surface area contributed by atoms with E-state index in [-0.39, 0.29) is 11.3 Å². The van der Waals surface area contributed by atoms with Crippen molar-refractivity contribution in [1.82, 2.24) is 10.6 Å². The summed E-state index contributed by atoms with van der Waals surface area (Å²) in [5.74, 6) is 0.0949. The molecule has 0 radical (unpaired) electrons. The van der Waals surface area contributed by atoms with Gasteiger partial charge in [-0.25, -0.2) is 0 Å². The van der Waals surface area contributed by atoms with E-state index in [1.807, 2.05) is 18.2 Å². The van der Waals surface area contributed by atoms with E-state index in [4.69, 9.17) is 0 Å². The average Bonchev–Trinajstić information content (AvgIpc) is 3.01. The molecule has 0 aliphatic carbocycles. The summed E-state index contributed by atoms with van der Waals surface area (Å²) in [5.41, 5.74) is 4.91. The molecule has 0 unspecified atom stereocenters. The zero-order valence-electron chi connectivity index (χ0n) is 13.9. The van der Waals surface area contributed by atoms with Gasteiger partial charge in [0, 0.05) is 26.1 Å². The summed E-state index contributed by atoms with van der Waals surface area (Å²) >= 11 is 0. The minimum Gasteiger partial charge on any atom is -0.352 e. The number of nitrogens with one attached hydrogen (secondary N) is 2. The largest absolute Gasteiger partial charge is 0.352 e. The van der Waals surface area contributed by atoms with Crippen LogP contribution in [0.2, 0.25) is 0 Å². The lowest BCUT2D eigenvalue weighted by Crippen LogP contribution is -2.30. The molecule has 1 amide bonds. The van der Waals surface area contributed by atoms with Gasteiger partial charge in [-0.05, 0) is 27.7 Å². The molecule has 0 saturated carbocycles. The lowest BCUT2D eigenvalue weighted by atomic mass is 9.81. The van der Waals surface area contributed by atoms with Crippen LogP contribution in [0.5, 0.6) is 0 Å². The Labute approximate surface area is 138 Å². The summed E-state index contributed by atoms with van der Waals surface area (Å²) in [4.78, 5) is 12.3. The first-order valence-electron chi connectivity index (χ1n) is 8.18. The maximum atomic E-state index is 12.3. The third-order valence-corrected chi connectivity index (χ3v) is 4.55. The van der Waals surface area contributed by atoms with Crippen molar-refractivity contribution in [2.75, 3.05) is 0 Å². The monoisotopic (exact) mass is 308 g/mol. The van der Waals surface area contributed by atoms with E-state index in [0.717, 1.165) is 13.1 Å². The van der Waals surface area contributed by atoms with E-state index in [0.29, 0.717) is 13.0 Å². The number of fused-ring (bicyclic) bond motifs is 1. The molecule has 1 heterocycles. The van der Waals surface area contributed by atoms with Crippen LogP contribution < -0.4 is 10.6 Å². The average molecular weight is 308 g/mol. The summed E-state index contributed by atoms with van der Waals surface area (Å²) in [6.45, 7) is 6.70. The summed E-state index contributed by atoms with van der Waals surface area (Å²) in [7, 11) is 0. The van der Waals surface area contributed by atoms with Crippen molar-refractivity contribution in [2.45, 2.75) is 45.3 Å². The molecule has 2 aromatic carbocycles. The van der Waals surface area contributed by atoms with E-state index in [2.05, 4.69) is 54.8 Å². The fourth-order valence-electron chi connectivity index (χ4n) is 3.11. The van der Waals surface area contributed by atoms with Crippen LogP contribution in [0.15, 0.2) is 48.5 Å². The fourth-order valence-corrected chi connectivity index (χ4v) is 3.11. The second-order valence-corrected chi connectivity index (χ2v) is 6.91. The predicted octanol–water partition coefficient (Wildman–Crippen LogP) is 3.27. The molecule has 2 aromatic rings. The van der Waals surface area contributed by atoms with Crippen molar-refractivity contribution in [1.29, 1.82) is 0 Å². The Bertz CT molecular complexity index is 692. The van der Waals surface area contributed by atoms with Gasteiger partial charge in [-0.15, -0.1) is 0 Å². The van der Waals surface area contributed by atoms with Crippen molar-refractivity contribution in [2.24, 2.45) is 0 Å². The van der Waals surface area contributed by atoms with E-state index < -0.39 is 0 Å². The predicted molar refractivity (Wildman–Crippen MR) is 92.9 cm³/mol. The molecule has 0 aromatic heterocycles. The second-order valence-electron chi connectivity index (χ2n) is 6.91. The van der Waals surface area contributed by atoms with Gasteiger partial charge in [0.25, 0.3) is 0 Å². The first-order valence-corrected chi connectivity index (χ1v) is 8.18. The standard InChI is InChI=1S/C20H24N2O/c1-20(2,18-6-4-3-5-7-18)11-19(23)22-12-15-8-9-16-13-21-14-17(16)10-15/h3-10,21H,11-14H2,1-2H3,(H,22,23). The molecule has 3 heteroatoms. The highest BCUT2D eigenvalue weighted by Crippen LogP contribution is 2.26. The molecule has 3 nitrogen and oxygen atoms in total. The molecule has 1 aliphatic rings. The molecule has 0 atom stereocenters. The molecule has 120 valence electrons. The zero-order valence-corrected chi connectivity index (χ0v) is 13.9.